The molecule has 0 aliphatic carbocycles. The molecule has 0 bridgehead atoms. The second kappa shape index (κ2) is 5.43. The Morgan fingerprint density at radius 2 is 1.85 bits per heavy atom. The van der Waals surface area contributed by atoms with Gasteiger partial charge in [0.15, 0.2) is 0 Å². The number of nitrogens with one attached hydrogen (secondary N) is 2. The maximum absolute atomic E-state index is 5.56. The highest BCUT2D eigenvalue weighted by Gasteiger charge is 1.89. The quantitative estimate of drug-likeness (QED) is 0.471. The van der Waals surface area contributed by atoms with Crippen molar-refractivity contribution >= 4 is 11.4 Å². The number of nitrogen functional groups attached to an aromatic ring is 1. The highest BCUT2D eigenvalue weighted by molar-refractivity contribution is 5.51. The fourth-order valence-electron chi connectivity index (χ4n) is 1.07. The molecular weight excluding hydrogens is 162 g/mol. The molecule has 13 heavy (non-hydrogen) atoms. The summed E-state index contributed by atoms with van der Waals surface area (Å²) >= 11 is 0. The molecule has 0 saturated heterocycles. The van der Waals surface area contributed by atoms with Crippen molar-refractivity contribution in [1.29, 1.82) is 0 Å². The van der Waals surface area contributed by atoms with Crippen molar-refractivity contribution < 1.29 is 0 Å². The van der Waals surface area contributed by atoms with E-state index < -0.39 is 0 Å². The fraction of sp³-hybridized carbons (Fsp3) is 0.400. The Morgan fingerprint density at radius 3 is 2.46 bits per heavy atom. The van der Waals surface area contributed by atoms with Crippen LogP contribution in [-0.4, -0.2) is 19.6 Å². The summed E-state index contributed by atoms with van der Waals surface area (Å²) in [5.41, 5.74) is 7.48. The van der Waals surface area contributed by atoms with Gasteiger partial charge >= 0.3 is 0 Å². The van der Waals surface area contributed by atoms with Crippen molar-refractivity contribution in [3.63, 3.8) is 0 Å². The van der Waals surface area contributed by atoms with Crippen LogP contribution in [0.2, 0.25) is 0 Å². The van der Waals surface area contributed by atoms with E-state index in [0.717, 1.165) is 31.0 Å². The third kappa shape index (κ3) is 3.80. The maximum Gasteiger partial charge on any atom is 0.0342 e. The van der Waals surface area contributed by atoms with Gasteiger partial charge < -0.3 is 16.4 Å². The number of likely N-dealkylation sites (N-methyl/N-ethyl adjacent to an activating group) is 1. The van der Waals surface area contributed by atoms with E-state index in [9.17, 15) is 0 Å². The summed E-state index contributed by atoms with van der Waals surface area (Å²) in [6.07, 6.45) is 0. The first-order valence-electron chi connectivity index (χ1n) is 4.63. The topological polar surface area (TPSA) is 50.1 Å². The molecule has 0 radical (unpaired) electrons. The Morgan fingerprint density at radius 1 is 1.15 bits per heavy atom. The predicted octanol–water partition coefficient (Wildman–Crippen LogP) is 1.29. The van der Waals surface area contributed by atoms with Crippen LogP contribution in [0.3, 0.4) is 0 Å². The van der Waals surface area contributed by atoms with Crippen LogP contribution in [0.4, 0.5) is 11.4 Å². The lowest BCUT2D eigenvalue weighted by Gasteiger charge is -2.06. The first-order chi connectivity index (χ1) is 6.33. The number of nitrogens with two attached hydrogens (primary N) is 1. The Hall–Kier alpha value is -1.22. The molecule has 72 valence electrons. The minimum atomic E-state index is 0.803. The number of hydrogen-bond acceptors (Lipinski definition) is 3. The first-order valence-corrected chi connectivity index (χ1v) is 4.63. The van der Waals surface area contributed by atoms with E-state index in [1.807, 2.05) is 24.3 Å². The van der Waals surface area contributed by atoms with Gasteiger partial charge in [0, 0.05) is 24.5 Å². The van der Waals surface area contributed by atoms with Crippen LogP contribution in [0.15, 0.2) is 24.3 Å². The summed E-state index contributed by atoms with van der Waals surface area (Å²) in [7, 11) is 0. The van der Waals surface area contributed by atoms with Gasteiger partial charge in [0.05, 0.1) is 0 Å². The number of hydrogen-bond donors (Lipinski definition) is 3. The Bertz CT molecular complexity index is 230. The molecule has 0 atom stereocenters. The smallest absolute Gasteiger partial charge is 0.0342 e. The zero-order valence-electron chi connectivity index (χ0n) is 8.01. The van der Waals surface area contributed by atoms with Crippen LogP contribution in [0, 0.1) is 0 Å². The first kappa shape index (κ1) is 9.86. The van der Waals surface area contributed by atoms with E-state index in [1.165, 1.54) is 0 Å². The van der Waals surface area contributed by atoms with Gasteiger partial charge in [0.2, 0.25) is 0 Å². The second-order valence-electron chi connectivity index (χ2n) is 2.90. The molecule has 3 heteroatoms. The molecule has 4 N–H and O–H groups in total. The average Bonchev–Trinajstić information content (AvgIpc) is 2.15. The van der Waals surface area contributed by atoms with Crippen molar-refractivity contribution in [2.75, 3.05) is 30.7 Å². The summed E-state index contributed by atoms with van der Waals surface area (Å²) in [5, 5.41) is 6.53. The van der Waals surface area contributed by atoms with E-state index in [4.69, 9.17) is 5.73 Å². The molecule has 0 amide bonds. The van der Waals surface area contributed by atoms with Gasteiger partial charge in [-0.2, -0.15) is 0 Å². The van der Waals surface area contributed by atoms with Gasteiger partial charge in [0.1, 0.15) is 0 Å². The summed E-state index contributed by atoms with van der Waals surface area (Å²) < 4.78 is 0. The average molecular weight is 179 g/mol. The Kier molecular flexibility index (Phi) is 4.12. The zero-order valence-corrected chi connectivity index (χ0v) is 8.01. The minimum absolute atomic E-state index is 0.803. The maximum atomic E-state index is 5.56. The molecule has 1 rings (SSSR count). The number of rotatable bonds is 5. The molecule has 0 saturated carbocycles. The van der Waals surface area contributed by atoms with Crippen LogP contribution in [0.5, 0.6) is 0 Å². The van der Waals surface area contributed by atoms with Gasteiger partial charge in [-0.05, 0) is 30.8 Å². The van der Waals surface area contributed by atoms with Gasteiger partial charge in [-0.1, -0.05) is 6.92 Å². The monoisotopic (exact) mass is 179 g/mol. The molecule has 3 nitrogen and oxygen atoms in total. The van der Waals surface area contributed by atoms with Gasteiger partial charge in [-0.25, -0.2) is 0 Å². The van der Waals surface area contributed by atoms with Crippen LogP contribution in [0.25, 0.3) is 0 Å². The second-order valence-corrected chi connectivity index (χ2v) is 2.90. The molecule has 0 aliphatic heterocycles. The Labute approximate surface area is 79.3 Å². The SMILES string of the molecule is CCNCCNc1ccc(N)cc1. The van der Waals surface area contributed by atoms with E-state index in [2.05, 4.69) is 17.6 Å². The number of anilines is 2. The van der Waals surface area contributed by atoms with Crippen molar-refractivity contribution in [2.45, 2.75) is 6.92 Å². The van der Waals surface area contributed by atoms with Crippen LogP contribution < -0.4 is 16.4 Å². The summed E-state index contributed by atoms with van der Waals surface area (Å²) in [5.74, 6) is 0. The molecular formula is C10H17N3. The van der Waals surface area contributed by atoms with E-state index in [0.29, 0.717) is 0 Å². The zero-order chi connectivity index (χ0) is 9.52. The minimum Gasteiger partial charge on any atom is -0.399 e. The summed E-state index contributed by atoms with van der Waals surface area (Å²) in [4.78, 5) is 0. The third-order valence-corrected chi connectivity index (χ3v) is 1.79. The van der Waals surface area contributed by atoms with Crippen molar-refractivity contribution in [3.05, 3.63) is 24.3 Å². The van der Waals surface area contributed by atoms with E-state index in [1.54, 1.807) is 0 Å². The normalized spacial score (nSPS) is 9.92. The van der Waals surface area contributed by atoms with Crippen LogP contribution in [0.1, 0.15) is 6.92 Å². The van der Waals surface area contributed by atoms with Crippen molar-refractivity contribution in [1.82, 2.24) is 5.32 Å². The molecule has 0 spiro atoms. The van der Waals surface area contributed by atoms with Crippen LogP contribution in [-0.2, 0) is 0 Å². The fourth-order valence-corrected chi connectivity index (χ4v) is 1.07. The highest BCUT2D eigenvalue weighted by Crippen LogP contribution is 2.09. The molecule has 1 aromatic rings. The van der Waals surface area contributed by atoms with Gasteiger partial charge in [-0.3, -0.25) is 0 Å². The highest BCUT2D eigenvalue weighted by atomic mass is 14.9. The molecule has 0 fully saturated rings. The summed E-state index contributed by atoms with van der Waals surface area (Å²) in [6.45, 7) is 5.05. The number of benzene rings is 1. The lowest BCUT2D eigenvalue weighted by atomic mass is 10.3. The van der Waals surface area contributed by atoms with Crippen molar-refractivity contribution in [2.24, 2.45) is 0 Å². The standard InChI is InChI=1S/C10H17N3/c1-2-12-7-8-13-10-5-3-9(11)4-6-10/h3-6,12-13H,2,7-8,11H2,1H3. The molecule has 0 aliphatic rings. The lowest BCUT2D eigenvalue weighted by Crippen LogP contribution is -2.21. The van der Waals surface area contributed by atoms with Crippen LogP contribution >= 0.6 is 0 Å². The molecule has 0 heterocycles. The molecule has 0 unspecified atom stereocenters. The largest absolute Gasteiger partial charge is 0.399 e. The van der Waals surface area contributed by atoms with Gasteiger partial charge in [-0.15, -0.1) is 0 Å². The predicted molar refractivity (Wildman–Crippen MR) is 57.9 cm³/mol. The van der Waals surface area contributed by atoms with Gasteiger partial charge in [0.25, 0.3) is 0 Å². The molecule has 0 aromatic heterocycles. The lowest BCUT2D eigenvalue weighted by molar-refractivity contribution is 0.739. The van der Waals surface area contributed by atoms with E-state index in [-0.39, 0.29) is 0 Å². The third-order valence-electron chi connectivity index (χ3n) is 1.79. The van der Waals surface area contributed by atoms with Crippen molar-refractivity contribution in [3.8, 4) is 0 Å². The summed E-state index contributed by atoms with van der Waals surface area (Å²) in [6, 6.07) is 7.77. The van der Waals surface area contributed by atoms with E-state index >= 15 is 0 Å². The Balaban J connectivity index is 2.25. The molecule has 1 aromatic carbocycles.